The fraction of sp³-hybridized carbons (Fsp3) is 0.286. The second-order valence-electron chi connectivity index (χ2n) is 2.25. The largest absolute Gasteiger partial charge is 0.385 e. The fourth-order valence-corrected chi connectivity index (χ4v) is 0.912. The van der Waals surface area contributed by atoms with E-state index in [1.54, 1.807) is 6.20 Å². The zero-order chi connectivity index (χ0) is 8.97. The Morgan fingerprint density at radius 3 is 3.08 bits per heavy atom. The third-order valence-corrected chi connectivity index (χ3v) is 1.53. The summed E-state index contributed by atoms with van der Waals surface area (Å²) in [5.74, 6) is -0.289. The molecule has 1 rings (SSSR count). The predicted molar refractivity (Wildman–Crippen MR) is 44.0 cm³/mol. The molecule has 5 heteroatoms. The Balaban J connectivity index is 2.95. The van der Waals surface area contributed by atoms with Gasteiger partial charge in [0.05, 0.1) is 12.1 Å². The minimum Gasteiger partial charge on any atom is -0.385 e. The van der Waals surface area contributed by atoms with E-state index in [0.29, 0.717) is 12.1 Å². The average molecular weight is 167 g/mol. The number of likely N-dealkylation sites (N-methyl/N-ethyl adjacent to an activating group) is 1. The zero-order valence-electron chi connectivity index (χ0n) is 6.63. The molecule has 0 aromatic heterocycles. The van der Waals surface area contributed by atoms with Crippen LogP contribution in [0, 0.1) is 4.91 Å². The summed E-state index contributed by atoms with van der Waals surface area (Å²) in [6.07, 6.45) is 3.14. The van der Waals surface area contributed by atoms with E-state index in [9.17, 15) is 9.70 Å². The van der Waals surface area contributed by atoms with Crippen LogP contribution in [0.3, 0.4) is 0 Å². The Morgan fingerprint density at radius 1 is 1.75 bits per heavy atom. The highest BCUT2D eigenvalue weighted by atomic mass is 16.3. The Bertz CT molecular complexity index is 268. The van der Waals surface area contributed by atoms with Gasteiger partial charge in [0.1, 0.15) is 5.70 Å². The van der Waals surface area contributed by atoms with Crippen molar-refractivity contribution < 1.29 is 4.79 Å². The van der Waals surface area contributed by atoms with Gasteiger partial charge in [-0.1, -0.05) is 0 Å². The van der Waals surface area contributed by atoms with Gasteiger partial charge in [-0.2, -0.15) is 0 Å². The van der Waals surface area contributed by atoms with Gasteiger partial charge < -0.3 is 10.6 Å². The van der Waals surface area contributed by atoms with Gasteiger partial charge in [0, 0.05) is 7.05 Å². The summed E-state index contributed by atoms with van der Waals surface area (Å²) in [6.45, 7) is 0.308. The zero-order valence-corrected chi connectivity index (χ0v) is 6.63. The Hall–Kier alpha value is -1.65. The molecule has 1 heterocycles. The highest BCUT2D eigenvalue weighted by Crippen LogP contribution is 2.10. The maximum absolute atomic E-state index is 11.1. The second-order valence-corrected chi connectivity index (χ2v) is 2.25. The van der Waals surface area contributed by atoms with E-state index in [1.165, 1.54) is 13.1 Å². The average Bonchev–Trinajstić information content (AvgIpc) is 2.16. The molecular formula is C7H9N3O2. The summed E-state index contributed by atoms with van der Waals surface area (Å²) in [6, 6.07) is 0. The summed E-state index contributed by atoms with van der Waals surface area (Å²) >= 11 is 0. The standard InChI is InChI=1S/C7H9N3O2/c1-8-7(11)5-2-3-9-4-6(5)10-12/h2-3,9H,4H2,1H3,(H,8,11). The number of nitroso groups, excluding NO2 is 1. The van der Waals surface area contributed by atoms with Crippen LogP contribution in [0.25, 0.3) is 0 Å². The summed E-state index contributed by atoms with van der Waals surface area (Å²) < 4.78 is 0. The maximum Gasteiger partial charge on any atom is 0.253 e. The lowest BCUT2D eigenvalue weighted by molar-refractivity contribution is -0.116. The molecule has 2 N–H and O–H groups in total. The number of hydrogen-bond donors (Lipinski definition) is 2. The van der Waals surface area contributed by atoms with Gasteiger partial charge >= 0.3 is 0 Å². The molecule has 12 heavy (non-hydrogen) atoms. The van der Waals surface area contributed by atoms with Crippen LogP contribution < -0.4 is 10.6 Å². The Kier molecular flexibility index (Phi) is 2.57. The van der Waals surface area contributed by atoms with E-state index >= 15 is 0 Å². The van der Waals surface area contributed by atoms with Crippen LogP contribution >= 0.6 is 0 Å². The van der Waals surface area contributed by atoms with Gasteiger partial charge in [-0.25, -0.2) is 0 Å². The van der Waals surface area contributed by atoms with Gasteiger partial charge in [0.2, 0.25) is 0 Å². The topological polar surface area (TPSA) is 70.6 Å². The van der Waals surface area contributed by atoms with E-state index < -0.39 is 0 Å². The van der Waals surface area contributed by atoms with Crippen molar-refractivity contribution in [2.24, 2.45) is 5.18 Å². The number of carbonyl (C=O) groups excluding carboxylic acids is 1. The molecule has 0 atom stereocenters. The Morgan fingerprint density at radius 2 is 2.50 bits per heavy atom. The first-order valence-electron chi connectivity index (χ1n) is 3.48. The lowest BCUT2D eigenvalue weighted by Crippen LogP contribution is -2.25. The molecule has 0 fully saturated rings. The van der Waals surface area contributed by atoms with Gasteiger partial charge in [-0.15, -0.1) is 4.91 Å². The molecule has 0 radical (unpaired) electrons. The third kappa shape index (κ3) is 1.50. The number of hydrogen-bond acceptors (Lipinski definition) is 4. The summed E-state index contributed by atoms with van der Waals surface area (Å²) in [4.78, 5) is 21.3. The molecule has 1 amide bonds. The quantitative estimate of drug-likeness (QED) is 0.563. The number of nitrogens with zero attached hydrogens (tertiary/aromatic N) is 1. The van der Waals surface area contributed by atoms with Crippen LogP contribution in [0.15, 0.2) is 28.7 Å². The third-order valence-electron chi connectivity index (χ3n) is 1.53. The molecule has 64 valence electrons. The van der Waals surface area contributed by atoms with Crippen LogP contribution in [0.5, 0.6) is 0 Å². The normalized spacial score (nSPS) is 15.4. The maximum atomic E-state index is 11.1. The first kappa shape index (κ1) is 8.45. The first-order chi connectivity index (χ1) is 5.79. The number of carbonyl (C=O) groups is 1. The lowest BCUT2D eigenvalue weighted by Gasteiger charge is -2.09. The molecule has 0 saturated heterocycles. The smallest absolute Gasteiger partial charge is 0.253 e. The molecular weight excluding hydrogens is 158 g/mol. The van der Waals surface area contributed by atoms with Gasteiger partial charge in [0.15, 0.2) is 0 Å². The molecule has 0 aromatic carbocycles. The first-order valence-corrected chi connectivity index (χ1v) is 3.48. The predicted octanol–water partition coefficient (Wildman–Crippen LogP) is -0.130. The molecule has 0 unspecified atom stereocenters. The van der Waals surface area contributed by atoms with Gasteiger partial charge in [-0.3, -0.25) is 4.79 Å². The van der Waals surface area contributed by atoms with Crippen molar-refractivity contribution in [3.05, 3.63) is 28.5 Å². The van der Waals surface area contributed by atoms with Gasteiger partial charge in [-0.05, 0) is 17.5 Å². The molecule has 0 spiro atoms. The van der Waals surface area contributed by atoms with Gasteiger partial charge in [0.25, 0.3) is 5.91 Å². The summed E-state index contributed by atoms with van der Waals surface area (Å²) in [5, 5.41) is 7.96. The summed E-state index contributed by atoms with van der Waals surface area (Å²) in [7, 11) is 1.51. The SMILES string of the molecule is CNC(=O)C1=C(N=O)CNC=C1. The number of amides is 1. The lowest BCUT2D eigenvalue weighted by atomic mass is 10.1. The number of dihydropyridines is 1. The van der Waals surface area contributed by atoms with Crippen LogP contribution in [0.1, 0.15) is 0 Å². The highest BCUT2D eigenvalue weighted by molar-refractivity contribution is 5.97. The van der Waals surface area contributed by atoms with Crippen molar-refractivity contribution in [2.75, 3.05) is 13.6 Å². The highest BCUT2D eigenvalue weighted by Gasteiger charge is 2.14. The number of rotatable bonds is 2. The molecule has 1 aliphatic rings. The van der Waals surface area contributed by atoms with Crippen molar-refractivity contribution in [1.29, 1.82) is 0 Å². The minimum atomic E-state index is -0.289. The van der Waals surface area contributed by atoms with Crippen LogP contribution in [-0.2, 0) is 4.79 Å². The minimum absolute atomic E-state index is 0.233. The van der Waals surface area contributed by atoms with E-state index in [-0.39, 0.29) is 11.6 Å². The molecule has 1 aliphatic heterocycles. The fourth-order valence-electron chi connectivity index (χ4n) is 0.912. The van der Waals surface area contributed by atoms with Crippen molar-refractivity contribution in [3.8, 4) is 0 Å². The van der Waals surface area contributed by atoms with Crippen molar-refractivity contribution in [2.45, 2.75) is 0 Å². The van der Waals surface area contributed by atoms with Crippen molar-refractivity contribution >= 4 is 5.91 Å². The molecule has 0 saturated carbocycles. The summed E-state index contributed by atoms with van der Waals surface area (Å²) in [5.41, 5.74) is 0.558. The molecule has 0 aliphatic carbocycles. The Labute approximate surface area is 69.5 Å². The molecule has 0 aromatic rings. The molecule has 5 nitrogen and oxygen atoms in total. The molecule has 0 bridgehead atoms. The van der Waals surface area contributed by atoms with Crippen molar-refractivity contribution in [3.63, 3.8) is 0 Å². The van der Waals surface area contributed by atoms with E-state index in [1.807, 2.05) is 0 Å². The van der Waals surface area contributed by atoms with E-state index in [0.717, 1.165) is 0 Å². The van der Waals surface area contributed by atoms with E-state index in [2.05, 4.69) is 15.8 Å². The van der Waals surface area contributed by atoms with Crippen LogP contribution in [0.4, 0.5) is 0 Å². The monoisotopic (exact) mass is 167 g/mol. The van der Waals surface area contributed by atoms with E-state index in [4.69, 9.17) is 0 Å². The van der Waals surface area contributed by atoms with Crippen molar-refractivity contribution in [1.82, 2.24) is 10.6 Å². The van der Waals surface area contributed by atoms with Crippen LogP contribution in [0.2, 0.25) is 0 Å². The number of nitrogens with one attached hydrogen (secondary N) is 2. The van der Waals surface area contributed by atoms with Crippen LogP contribution in [-0.4, -0.2) is 19.5 Å². The second kappa shape index (κ2) is 3.66.